The summed E-state index contributed by atoms with van der Waals surface area (Å²) in [6, 6.07) is 17.3. The fourth-order valence-electron chi connectivity index (χ4n) is 2.26. The second kappa shape index (κ2) is 6.17. The molecule has 2 aromatic rings. The minimum atomic E-state index is -4.36. The van der Waals surface area contributed by atoms with E-state index in [0.717, 1.165) is 16.7 Å². The van der Waals surface area contributed by atoms with Crippen LogP contribution < -0.4 is 0 Å². The first-order valence-corrected chi connectivity index (χ1v) is 8.74. The van der Waals surface area contributed by atoms with Gasteiger partial charge in [0.15, 0.2) is 5.78 Å². The van der Waals surface area contributed by atoms with E-state index in [9.17, 15) is 9.36 Å². The third-order valence-corrected chi connectivity index (χ3v) is 4.44. The third-order valence-electron chi connectivity index (χ3n) is 3.74. The van der Waals surface area contributed by atoms with Crippen LogP contribution in [0.15, 0.2) is 54.6 Å². The molecule has 0 aromatic heterocycles. The first-order valence-electron chi connectivity index (χ1n) is 6.94. The predicted octanol–water partition coefficient (Wildman–Crippen LogP) is 3.38. The van der Waals surface area contributed by atoms with E-state index in [1.807, 2.05) is 54.6 Å². The van der Waals surface area contributed by atoms with E-state index in [2.05, 4.69) is 0 Å². The van der Waals surface area contributed by atoms with E-state index in [-0.39, 0.29) is 0 Å². The van der Waals surface area contributed by atoms with Gasteiger partial charge in [-0.2, -0.15) is 0 Å². The van der Waals surface area contributed by atoms with Crippen LogP contribution in [0.1, 0.15) is 19.4 Å². The summed E-state index contributed by atoms with van der Waals surface area (Å²) in [5.41, 5.74) is 1.79. The van der Waals surface area contributed by atoms with E-state index >= 15 is 0 Å². The predicted molar refractivity (Wildman–Crippen MR) is 86.8 cm³/mol. The van der Waals surface area contributed by atoms with Gasteiger partial charge in [-0.15, -0.1) is 0 Å². The van der Waals surface area contributed by atoms with E-state index in [4.69, 9.17) is 9.79 Å². The van der Waals surface area contributed by atoms with Crippen molar-refractivity contribution in [3.63, 3.8) is 0 Å². The molecule has 5 heteroatoms. The van der Waals surface area contributed by atoms with Gasteiger partial charge < -0.3 is 9.79 Å². The molecule has 0 amide bonds. The summed E-state index contributed by atoms with van der Waals surface area (Å²) in [6.07, 6.45) is -0.741. The lowest BCUT2D eigenvalue weighted by atomic mass is 9.80. The average Bonchev–Trinajstić information content (AvgIpc) is 2.46. The molecule has 0 radical (unpaired) electrons. The molecule has 22 heavy (non-hydrogen) atoms. The summed E-state index contributed by atoms with van der Waals surface area (Å²) < 4.78 is 11.1. The summed E-state index contributed by atoms with van der Waals surface area (Å²) in [7, 11) is -4.36. The molecule has 0 spiro atoms. The van der Waals surface area contributed by atoms with E-state index in [1.54, 1.807) is 13.8 Å². The molecule has 0 unspecified atom stereocenters. The number of hydrogen-bond acceptors (Lipinski definition) is 2. The molecule has 0 saturated carbocycles. The Hall–Kier alpha value is -1.74. The van der Waals surface area contributed by atoms with Gasteiger partial charge in [-0.05, 0) is 30.5 Å². The summed E-state index contributed by atoms with van der Waals surface area (Å²) in [5.74, 6) is -0.467. The van der Waals surface area contributed by atoms with Gasteiger partial charge in [0, 0.05) is 5.41 Å². The van der Waals surface area contributed by atoms with Crippen molar-refractivity contribution in [3.05, 3.63) is 60.2 Å². The van der Waals surface area contributed by atoms with Crippen molar-refractivity contribution < 1.29 is 19.1 Å². The highest BCUT2D eigenvalue weighted by atomic mass is 31.2. The monoisotopic (exact) mass is 318 g/mol. The zero-order chi connectivity index (χ0) is 16.4. The summed E-state index contributed by atoms with van der Waals surface area (Å²) in [6.45, 7) is 3.38. The zero-order valence-corrected chi connectivity index (χ0v) is 13.5. The van der Waals surface area contributed by atoms with Crippen LogP contribution in [0.5, 0.6) is 0 Å². The zero-order valence-electron chi connectivity index (χ0n) is 12.6. The Morgan fingerprint density at radius 2 is 1.59 bits per heavy atom. The quantitative estimate of drug-likeness (QED) is 0.829. The second-order valence-corrected chi connectivity index (χ2v) is 7.46. The van der Waals surface area contributed by atoms with Crippen LogP contribution in [0, 0.1) is 0 Å². The SMILES string of the molecule is CC(C)(C(=O)CP(=O)(O)O)c1cccc(-c2ccccc2)c1. The van der Waals surface area contributed by atoms with Crippen molar-refractivity contribution in [2.24, 2.45) is 0 Å². The number of carbonyl (C=O) groups excluding carboxylic acids is 1. The minimum Gasteiger partial charge on any atom is -0.324 e. The highest BCUT2D eigenvalue weighted by molar-refractivity contribution is 7.52. The van der Waals surface area contributed by atoms with Gasteiger partial charge in [0.1, 0.15) is 6.16 Å². The Morgan fingerprint density at radius 3 is 2.18 bits per heavy atom. The molecule has 0 atom stereocenters. The fraction of sp³-hybridized carbons (Fsp3) is 0.235. The van der Waals surface area contributed by atoms with Crippen LogP contribution in [-0.4, -0.2) is 21.7 Å². The number of carbonyl (C=O) groups is 1. The van der Waals surface area contributed by atoms with Crippen molar-refractivity contribution >= 4 is 13.4 Å². The van der Waals surface area contributed by atoms with Gasteiger partial charge >= 0.3 is 7.60 Å². The fourth-order valence-corrected chi connectivity index (χ4v) is 3.03. The number of rotatable bonds is 5. The molecular formula is C17H19O4P. The maximum absolute atomic E-state index is 12.2. The molecule has 0 heterocycles. The lowest BCUT2D eigenvalue weighted by Crippen LogP contribution is -2.31. The van der Waals surface area contributed by atoms with Crippen LogP contribution in [0.25, 0.3) is 11.1 Å². The van der Waals surface area contributed by atoms with Crippen molar-refractivity contribution in [2.75, 3.05) is 6.16 Å². The molecule has 2 rings (SSSR count). The molecule has 0 bridgehead atoms. The van der Waals surface area contributed by atoms with Crippen molar-refractivity contribution in [1.82, 2.24) is 0 Å². The van der Waals surface area contributed by atoms with Crippen LogP contribution in [0.4, 0.5) is 0 Å². The Kier molecular flexibility index (Phi) is 4.66. The summed E-state index contributed by atoms with van der Waals surface area (Å²) in [4.78, 5) is 30.3. The van der Waals surface area contributed by atoms with Crippen molar-refractivity contribution in [3.8, 4) is 11.1 Å². The lowest BCUT2D eigenvalue weighted by molar-refractivity contribution is -0.121. The highest BCUT2D eigenvalue weighted by Crippen LogP contribution is 2.38. The highest BCUT2D eigenvalue weighted by Gasteiger charge is 2.34. The smallest absolute Gasteiger partial charge is 0.324 e. The normalized spacial score (nSPS) is 12.2. The third kappa shape index (κ3) is 3.92. The first-order chi connectivity index (χ1) is 10.2. The summed E-state index contributed by atoms with van der Waals surface area (Å²) >= 11 is 0. The molecule has 116 valence electrons. The number of benzene rings is 2. The molecule has 0 saturated heterocycles. The van der Waals surface area contributed by atoms with Gasteiger partial charge in [0.25, 0.3) is 0 Å². The van der Waals surface area contributed by atoms with E-state index in [0.29, 0.717) is 0 Å². The molecule has 0 fully saturated rings. The first kappa shape index (κ1) is 16.6. The van der Waals surface area contributed by atoms with Crippen LogP contribution in [-0.2, 0) is 14.8 Å². The molecule has 0 aliphatic carbocycles. The average molecular weight is 318 g/mol. The van der Waals surface area contributed by atoms with E-state index in [1.165, 1.54) is 0 Å². The van der Waals surface area contributed by atoms with Gasteiger partial charge in [0.2, 0.25) is 0 Å². The minimum absolute atomic E-state index is 0.467. The van der Waals surface area contributed by atoms with Crippen LogP contribution in [0.3, 0.4) is 0 Å². The van der Waals surface area contributed by atoms with Gasteiger partial charge in [-0.1, -0.05) is 54.6 Å². The van der Waals surface area contributed by atoms with Gasteiger partial charge in [-0.25, -0.2) is 0 Å². The molecule has 2 aromatic carbocycles. The van der Waals surface area contributed by atoms with Gasteiger partial charge in [-0.3, -0.25) is 9.36 Å². The lowest BCUT2D eigenvalue weighted by Gasteiger charge is -2.24. The summed E-state index contributed by atoms with van der Waals surface area (Å²) in [5, 5.41) is 0. The Bertz CT molecular complexity index is 716. The Balaban J connectivity index is 2.36. The standard InChI is InChI=1S/C17H19O4P/c1-17(2,16(18)12-22(19,20)21)15-10-6-9-14(11-15)13-7-4-3-5-8-13/h3-11H,12H2,1-2H3,(H2,19,20,21). The largest absolute Gasteiger partial charge is 0.332 e. The maximum Gasteiger partial charge on any atom is 0.332 e. The Labute approximate surface area is 130 Å². The number of hydrogen-bond donors (Lipinski definition) is 2. The van der Waals surface area contributed by atoms with Crippen LogP contribution in [0.2, 0.25) is 0 Å². The molecule has 0 aliphatic heterocycles. The van der Waals surface area contributed by atoms with Crippen LogP contribution >= 0.6 is 7.60 Å². The molecule has 2 N–H and O–H groups in total. The second-order valence-electron chi connectivity index (χ2n) is 5.82. The Morgan fingerprint density at radius 1 is 1.00 bits per heavy atom. The molecule has 4 nitrogen and oxygen atoms in total. The topological polar surface area (TPSA) is 74.6 Å². The number of Topliss-reactive ketones (excluding diaryl/α,β-unsaturated/α-hetero) is 1. The molecule has 0 aliphatic rings. The number of ketones is 1. The van der Waals surface area contributed by atoms with Crippen molar-refractivity contribution in [2.45, 2.75) is 19.3 Å². The van der Waals surface area contributed by atoms with E-state index < -0.39 is 25.0 Å². The maximum atomic E-state index is 12.2. The molecular weight excluding hydrogens is 299 g/mol. The van der Waals surface area contributed by atoms with Gasteiger partial charge in [0.05, 0.1) is 0 Å². The van der Waals surface area contributed by atoms with Crippen molar-refractivity contribution in [1.29, 1.82) is 0 Å².